The number of hydrogen-bond donors (Lipinski definition) is 0. The maximum atomic E-state index is 11.3. The molecule has 1 atom stereocenters. The van der Waals surface area contributed by atoms with Crippen LogP contribution in [0.3, 0.4) is 0 Å². The Hall–Kier alpha value is -1.61. The molecule has 0 aliphatic carbocycles. The maximum absolute atomic E-state index is 11.3. The molecule has 0 aromatic heterocycles. The van der Waals surface area contributed by atoms with Crippen molar-refractivity contribution in [2.45, 2.75) is 20.0 Å². The molecule has 0 spiro atoms. The summed E-state index contributed by atoms with van der Waals surface area (Å²) in [5.74, 6) is -0.700. The highest BCUT2D eigenvalue weighted by Gasteiger charge is 2.21. The Balaban J connectivity index is 3.10. The first-order valence-electron chi connectivity index (χ1n) is 5.04. The standard InChI is InChI=1S/C13H13ClO3/c1-8(9(2)15)13(17-10(3)16)11-5-4-6-12(14)7-11/h4-7,13H,1H2,2-3H3. The Morgan fingerprint density at radius 2 is 2.00 bits per heavy atom. The van der Waals surface area contributed by atoms with Crippen molar-refractivity contribution in [3.63, 3.8) is 0 Å². The molecule has 17 heavy (non-hydrogen) atoms. The molecule has 0 aliphatic rings. The Morgan fingerprint density at radius 1 is 1.35 bits per heavy atom. The zero-order chi connectivity index (χ0) is 13.0. The van der Waals surface area contributed by atoms with Gasteiger partial charge in [-0.15, -0.1) is 0 Å². The first kappa shape index (κ1) is 13.5. The van der Waals surface area contributed by atoms with Crippen LogP contribution in [-0.4, -0.2) is 11.8 Å². The molecule has 0 heterocycles. The van der Waals surface area contributed by atoms with E-state index in [9.17, 15) is 9.59 Å². The lowest BCUT2D eigenvalue weighted by Crippen LogP contribution is -2.14. The number of hydrogen-bond acceptors (Lipinski definition) is 3. The number of esters is 1. The fraction of sp³-hybridized carbons (Fsp3) is 0.231. The van der Waals surface area contributed by atoms with E-state index in [1.165, 1.54) is 13.8 Å². The number of rotatable bonds is 4. The van der Waals surface area contributed by atoms with Gasteiger partial charge in [0.15, 0.2) is 11.9 Å². The van der Waals surface area contributed by atoms with E-state index in [4.69, 9.17) is 16.3 Å². The van der Waals surface area contributed by atoms with Gasteiger partial charge in [-0.25, -0.2) is 0 Å². The minimum Gasteiger partial charge on any atom is -0.453 e. The van der Waals surface area contributed by atoms with Crippen LogP contribution in [0.2, 0.25) is 5.02 Å². The minimum absolute atomic E-state index is 0.225. The molecule has 0 saturated heterocycles. The Labute approximate surface area is 105 Å². The molecule has 1 unspecified atom stereocenters. The molecular formula is C13H13ClO3. The number of carbonyl (C=O) groups is 2. The number of carbonyl (C=O) groups excluding carboxylic acids is 2. The molecule has 0 radical (unpaired) electrons. The first-order valence-corrected chi connectivity index (χ1v) is 5.42. The molecule has 0 saturated carbocycles. The highest BCUT2D eigenvalue weighted by atomic mass is 35.5. The molecule has 90 valence electrons. The molecule has 0 amide bonds. The van der Waals surface area contributed by atoms with E-state index in [-0.39, 0.29) is 11.4 Å². The van der Waals surface area contributed by atoms with Gasteiger partial charge >= 0.3 is 5.97 Å². The molecule has 0 aliphatic heterocycles. The molecule has 4 heteroatoms. The van der Waals surface area contributed by atoms with Gasteiger partial charge in [-0.1, -0.05) is 30.3 Å². The fourth-order valence-electron chi connectivity index (χ4n) is 1.36. The van der Waals surface area contributed by atoms with Crippen LogP contribution in [0.1, 0.15) is 25.5 Å². The smallest absolute Gasteiger partial charge is 0.303 e. The van der Waals surface area contributed by atoms with E-state index in [1.807, 2.05) is 0 Å². The second-order valence-electron chi connectivity index (χ2n) is 3.63. The van der Waals surface area contributed by atoms with Crippen molar-refractivity contribution in [1.82, 2.24) is 0 Å². The summed E-state index contributed by atoms with van der Waals surface area (Å²) < 4.78 is 5.10. The average Bonchev–Trinajstić information content (AvgIpc) is 2.24. The maximum Gasteiger partial charge on any atom is 0.303 e. The van der Waals surface area contributed by atoms with Gasteiger partial charge in [-0.2, -0.15) is 0 Å². The third-order valence-electron chi connectivity index (χ3n) is 2.20. The number of Topliss-reactive ketones (excluding diaryl/α,β-unsaturated/α-hetero) is 1. The van der Waals surface area contributed by atoms with Crippen LogP contribution in [0.5, 0.6) is 0 Å². The Kier molecular flexibility index (Phi) is 4.46. The summed E-state index contributed by atoms with van der Waals surface area (Å²) in [5, 5.41) is 0.510. The van der Waals surface area contributed by atoms with Crippen molar-refractivity contribution in [3.8, 4) is 0 Å². The second kappa shape index (κ2) is 5.64. The van der Waals surface area contributed by atoms with Crippen LogP contribution in [0.4, 0.5) is 0 Å². The van der Waals surface area contributed by atoms with Gasteiger partial charge in [0, 0.05) is 17.5 Å². The van der Waals surface area contributed by atoms with Crippen molar-refractivity contribution in [2.24, 2.45) is 0 Å². The van der Waals surface area contributed by atoms with E-state index >= 15 is 0 Å². The number of ether oxygens (including phenoxy) is 1. The fourth-order valence-corrected chi connectivity index (χ4v) is 1.56. The molecule has 0 fully saturated rings. The van der Waals surface area contributed by atoms with Gasteiger partial charge in [0.2, 0.25) is 0 Å². The van der Waals surface area contributed by atoms with Gasteiger partial charge < -0.3 is 4.74 Å². The van der Waals surface area contributed by atoms with E-state index < -0.39 is 12.1 Å². The summed E-state index contributed by atoms with van der Waals surface area (Å²) in [4.78, 5) is 22.3. The largest absolute Gasteiger partial charge is 0.453 e. The van der Waals surface area contributed by atoms with Gasteiger partial charge in [-0.3, -0.25) is 9.59 Å². The van der Waals surface area contributed by atoms with Crippen LogP contribution in [0.25, 0.3) is 0 Å². The van der Waals surface area contributed by atoms with E-state index in [2.05, 4.69) is 6.58 Å². The summed E-state index contributed by atoms with van der Waals surface area (Å²) in [6.45, 7) is 6.30. The quantitative estimate of drug-likeness (QED) is 0.611. The van der Waals surface area contributed by atoms with Crippen LogP contribution in [-0.2, 0) is 14.3 Å². The molecule has 0 bridgehead atoms. The van der Waals surface area contributed by atoms with Crippen molar-refractivity contribution < 1.29 is 14.3 Å². The predicted molar refractivity (Wildman–Crippen MR) is 65.8 cm³/mol. The molecule has 0 N–H and O–H groups in total. The average molecular weight is 253 g/mol. The molecule has 1 aromatic rings. The van der Waals surface area contributed by atoms with E-state index in [1.54, 1.807) is 24.3 Å². The molecule has 1 rings (SSSR count). The summed E-state index contributed by atoms with van der Waals surface area (Å²) in [6.07, 6.45) is -0.774. The van der Waals surface area contributed by atoms with Gasteiger partial charge in [0.1, 0.15) is 0 Å². The highest BCUT2D eigenvalue weighted by molar-refractivity contribution is 6.30. The summed E-state index contributed by atoms with van der Waals surface area (Å²) in [7, 11) is 0. The number of benzene rings is 1. The molecular weight excluding hydrogens is 240 g/mol. The van der Waals surface area contributed by atoms with Gasteiger partial charge in [0.05, 0.1) is 0 Å². The summed E-state index contributed by atoms with van der Waals surface area (Å²) in [5.41, 5.74) is 0.857. The molecule has 3 nitrogen and oxygen atoms in total. The lowest BCUT2D eigenvalue weighted by molar-refractivity contribution is -0.145. The van der Waals surface area contributed by atoms with Gasteiger partial charge in [0.25, 0.3) is 0 Å². The van der Waals surface area contributed by atoms with Crippen LogP contribution < -0.4 is 0 Å². The number of halogens is 1. The summed E-state index contributed by atoms with van der Waals surface area (Å²) >= 11 is 5.85. The zero-order valence-electron chi connectivity index (χ0n) is 9.70. The Morgan fingerprint density at radius 3 is 2.47 bits per heavy atom. The van der Waals surface area contributed by atoms with Crippen molar-refractivity contribution in [3.05, 3.63) is 47.0 Å². The van der Waals surface area contributed by atoms with Gasteiger partial charge in [-0.05, 0) is 24.6 Å². The van der Waals surface area contributed by atoms with Crippen molar-refractivity contribution in [2.75, 3.05) is 0 Å². The van der Waals surface area contributed by atoms with Crippen molar-refractivity contribution >= 4 is 23.4 Å². The molecule has 1 aromatic carbocycles. The second-order valence-corrected chi connectivity index (χ2v) is 4.06. The van der Waals surface area contributed by atoms with E-state index in [0.29, 0.717) is 10.6 Å². The van der Waals surface area contributed by atoms with Crippen LogP contribution in [0, 0.1) is 0 Å². The Bertz CT molecular complexity index is 465. The predicted octanol–water partition coefficient (Wildman–Crippen LogP) is 3.09. The van der Waals surface area contributed by atoms with E-state index in [0.717, 1.165) is 0 Å². The monoisotopic (exact) mass is 252 g/mol. The minimum atomic E-state index is -0.774. The normalized spacial score (nSPS) is 11.7. The first-order chi connectivity index (χ1) is 7.91. The topological polar surface area (TPSA) is 43.4 Å². The third kappa shape index (κ3) is 3.71. The summed E-state index contributed by atoms with van der Waals surface area (Å²) in [6, 6.07) is 6.80. The lowest BCUT2D eigenvalue weighted by Gasteiger charge is -2.18. The SMILES string of the molecule is C=C(C(C)=O)C(OC(C)=O)c1cccc(Cl)c1. The zero-order valence-corrected chi connectivity index (χ0v) is 10.5. The van der Waals surface area contributed by atoms with Crippen LogP contribution >= 0.6 is 11.6 Å². The third-order valence-corrected chi connectivity index (χ3v) is 2.44. The highest BCUT2D eigenvalue weighted by Crippen LogP contribution is 2.27. The van der Waals surface area contributed by atoms with Crippen molar-refractivity contribution in [1.29, 1.82) is 0 Å². The van der Waals surface area contributed by atoms with Crippen LogP contribution in [0.15, 0.2) is 36.4 Å². The number of ketones is 1. The lowest BCUT2D eigenvalue weighted by atomic mass is 10.00.